The number of hydrogen-bond acceptors (Lipinski definition) is 5. The number of halogens is 1. The Morgan fingerprint density at radius 3 is 2.32 bits per heavy atom. The summed E-state index contributed by atoms with van der Waals surface area (Å²) in [5.74, 6) is -1.28. The fourth-order valence-corrected chi connectivity index (χ4v) is 2.37. The first-order valence-corrected chi connectivity index (χ1v) is 8.06. The lowest BCUT2D eigenvalue weighted by molar-refractivity contribution is -0.120. The summed E-state index contributed by atoms with van der Waals surface area (Å²) in [7, 11) is 1.31. The highest BCUT2D eigenvalue weighted by Gasteiger charge is 2.10. The zero-order valence-corrected chi connectivity index (χ0v) is 14.9. The highest BCUT2D eigenvalue weighted by Crippen LogP contribution is 2.15. The monoisotopic (exact) mass is 405 g/mol. The van der Waals surface area contributed by atoms with Crippen molar-refractivity contribution in [3.05, 3.63) is 64.1 Å². The number of anilines is 1. The minimum absolute atomic E-state index is 0.0478. The summed E-state index contributed by atoms with van der Waals surface area (Å²) >= 11 is 3.27. The number of hydrazine groups is 1. The van der Waals surface area contributed by atoms with Gasteiger partial charge in [0.25, 0.3) is 11.8 Å². The van der Waals surface area contributed by atoms with Crippen molar-refractivity contribution in [2.45, 2.75) is 0 Å². The van der Waals surface area contributed by atoms with E-state index in [4.69, 9.17) is 0 Å². The molecule has 8 heteroatoms. The number of hydrogen-bond donors (Lipinski definition) is 3. The van der Waals surface area contributed by atoms with Crippen molar-refractivity contribution in [3.8, 4) is 0 Å². The lowest BCUT2D eigenvalue weighted by Gasteiger charge is -2.10. The van der Waals surface area contributed by atoms with Crippen molar-refractivity contribution in [1.82, 2.24) is 10.9 Å². The molecule has 0 aliphatic heterocycles. The Hall–Kier alpha value is -2.87. The van der Waals surface area contributed by atoms with Gasteiger partial charge in [0.05, 0.1) is 24.8 Å². The molecule has 2 amide bonds. The van der Waals surface area contributed by atoms with E-state index in [0.29, 0.717) is 21.3 Å². The quantitative estimate of drug-likeness (QED) is 0.522. The van der Waals surface area contributed by atoms with Crippen LogP contribution in [0, 0.1) is 0 Å². The maximum atomic E-state index is 12.0. The molecule has 0 saturated carbocycles. The number of rotatable bonds is 5. The van der Waals surface area contributed by atoms with Crippen molar-refractivity contribution in [1.29, 1.82) is 0 Å². The molecule has 25 heavy (non-hydrogen) atoms. The molecule has 130 valence electrons. The maximum absolute atomic E-state index is 12.0. The van der Waals surface area contributed by atoms with Crippen LogP contribution in [0.25, 0.3) is 0 Å². The van der Waals surface area contributed by atoms with Gasteiger partial charge in [-0.1, -0.05) is 12.1 Å². The van der Waals surface area contributed by atoms with Gasteiger partial charge in [-0.05, 0) is 52.3 Å². The number of amides is 2. The third kappa shape index (κ3) is 5.32. The number of carbonyl (C=O) groups is 3. The van der Waals surface area contributed by atoms with Crippen LogP contribution >= 0.6 is 15.9 Å². The van der Waals surface area contributed by atoms with Gasteiger partial charge >= 0.3 is 5.97 Å². The van der Waals surface area contributed by atoms with Crippen molar-refractivity contribution >= 4 is 39.4 Å². The molecule has 3 N–H and O–H groups in total. The van der Waals surface area contributed by atoms with Gasteiger partial charge in [0.1, 0.15) is 0 Å². The Morgan fingerprint density at radius 2 is 1.68 bits per heavy atom. The molecule has 0 aliphatic rings. The zero-order valence-electron chi connectivity index (χ0n) is 13.3. The first-order valence-electron chi connectivity index (χ1n) is 7.27. The van der Waals surface area contributed by atoms with Gasteiger partial charge in [-0.3, -0.25) is 20.4 Å². The highest BCUT2D eigenvalue weighted by molar-refractivity contribution is 9.10. The SMILES string of the molecule is COC(=O)c1ccc(NCC(=O)NNC(=O)c2ccccc2Br)cc1. The number of methoxy groups -OCH3 is 1. The molecule has 0 aromatic heterocycles. The molecule has 0 fully saturated rings. The third-order valence-corrected chi connectivity index (χ3v) is 3.88. The van der Waals surface area contributed by atoms with Crippen LogP contribution in [0.3, 0.4) is 0 Å². The smallest absolute Gasteiger partial charge is 0.337 e. The number of esters is 1. The molecule has 0 spiro atoms. The summed E-state index contributed by atoms with van der Waals surface area (Å²) in [6.07, 6.45) is 0. The topological polar surface area (TPSA) is 96.5 Å². The predicted octanol–water partition coefficient (Wildman–Crippen LogP) is 2.11. The van der Waals surface area contributed by atoms with E-state index in [0.717, 1.165) is 0 Å². The summed E-state index contributed by atoms with van der Waals surface area (Å²) < 4.78 is 5.24. The maximum Gasteiger partial charge on any atom is 0.337 e. The molecule has 2 aromatic carbocycles. The second-order valence-corrected chi connectivity index (χ2v) is 5.76. The first kappa shape index (κ1) is 18.5. The van der Waals surface area contributed by atoms with E-state index in [1.807, 2.05) is 0 Å². The molecule has 0 bridgehead atoms. The van der Waals surface area contributed by atoms with Crippen LogP contribution < -0.4 is 16.2 Å². The second kappa shape index (κ2) is 8.84. The largest absolute Gasteiger partial charge is 0.465 e. The van der Waals surface area contributed by atoms with Crippen molar-refractivity contribution < 1.29 is 19.1 Å². The summed E-state index contributed by atoms with van der Waals surface area (Å²) in [6.45, 7) is -0.0478. The normalized spacial score (nSPS) is 9.84. The van der Waals surface area contributed by atoms with E-state index in [1.54, 1.807) is 48.5 Å². The van der Waals surface area contributed by atoms with Crippen LogP contribution in [0.4, 0.5) is 5.69 Å². The summed E-state index contributed by atoms with van der Waals surface area (Å²) in [5, 5.41) is 2.88. The van der Waals surface area contributed by atoms with E-state index < -0.39 is 17.8 Å². The van der Waals surface area contributed by atoms with Crippen LogP contribution in [0.15, 0.2) is 53.0 Å². The Kier molecular flexibility index (Phi) is 6.53. The molecule has 7 nitrogen and oxygen atoms in total. The van der Waals surface area contributed by atoms with Gasteiger partial charge < -0.3 is 10.1 Å². The molecule has 0 aliphatic carbocycles. The zero-order chi connectivity index (χ0) is 18.2. The van der Waals surface area contributed by atoms with Crippen LogP contribution in [0.1, 0.15) is 20.7 Å². The minimum Gasteiger partial charge on any atom is -0.465 e. The summed E-state index contributed by atoms with van der Waals surface area (Å²) in [6, 6.07) is 13.3. The number of carbonyl (C=O) groups excluding carboxylic acids is 3. The molecule has 0 radical (unpaired) electrons. The molecule has 0 saturated heterocycles. The van der Waals surface area contributed by atoms with Gasteiger partial charge in [-0.15, -0.1) is 0 Å². The summed E-state index contributed by atoms with van der Waals surface area (Å²) in [5.41, 5.74) is 6.14. The van der Waals surface area contributed by atoms with Gasteiger partial charge in [-0.2, -0.15) is 0 Å². The minimum atomic E-state index is -0.431. The number of benzene rings is 2. The van der Waals surface area contributed by atoms with E-state index in [9.17, 15) is 14.4 Å². The Morgan fingerprint density at radius 1 is 1.00 bits per heavy atom. The summed E-state index contributed by atoms with van der Waals surface area (Å²) in [4.78, 5) is 35.1. The lowest BCUT2D eigenvalue weighted by atomic mass is 10.2. The van der Waals surface area contributed by atoms with E-state index >= 15 is 0 Å². The highest BCUT2D eigenvalue weighted by atomic mass is 79.9. The van der Waals surface area contributed by atoms with Crippen molar-refractivity contribution in [3.63, 3.8) is 0 Å². The number of ether oxygens (including phenoxy) is 1. The van der Waals surface area contributed by atoms with E-state index in [1.165, 1.54) is 7.11 Å². The van der Waals surface area contributed by atoms with Crippen LogP contribution in [-0.4, -0.2) is 31.4 Å². The Balaban J connectivity index is 1.80. The van der Waals surface area contributed by atoms with Crippen molar-refractivity contribution in [2.75, 3.05) is 19.0 Å². The van der Waals surface area contributed by atoms with Crippen molar-refractivity contribution in [2.24, 2.45) is 0 Å². The molecule has 2 aromatic rings. The molecule has 2 rings (SSSR count). The molecule has 0 heterocycles. The first-order chi connectivity index (χ1) is 12.0. The average Bonchev–Trinajstić information content (AvgIpc) is 2.64. The second-order valence-electron chi connectivity index (χ2n) is 4.90. The molecular weight excluding hydrogens is 390 g/mol. The standard InChI is InChI=1S/C17H16BrN3O4/c1-25-17(24)11-6-8-12(9-7-11)19-10-15(22)20-21-16(23)13-4-2-3-5-14(13)18/h2-9,19H,10H2,1H3,(H,20,22)(H,21,23). The van der Waals surface area contributed by atoms with Crippen LogP contribution in [-0.2, 0) is 9.53 Å². The van der Waals surface area contributed by atoms with E-state index in [-0.39, 0.29) is 6.54 Å². The average molecular weight is 406 g/mol. The van der Waals surface area contributed by atoms with Gasteiger partial charge in [0.2, 0.25) is 0 Å². The third-order valence-electron chi connectivity index (χ3n) is 3.19. The Labute approximate surface area is 152 Å². The fraction of sp³-hybridized carbons (Fsp3) is 0.118. The van der Waals surface area contributed by atoms with Gasteiger partial charge in [0.15, 0.2) is 0 Å². The molecule has 0 unspecified atom stereocenters. The van der Waals surface area contributed by atoms with E-state index in [2.05, 4.69) is 36.8 Å². The van der Waals surface area contributed by atoms with Gasteiger partial charge in [0, 0.05) is 10.2 Å². The predicted molar refractivity (Wildman–Crippen MR) is 96.0 cm³/mol. The number of nitrogens with one attached hydrogen (secondary N) is 3. The van der Waals surface area contributed by atoms with Crippen LogP contribution in [0.5, 0.6) is 0 Å². The Bertz CT molecular complexity index is 778. The molecule has 0 atom stereocenters. The molecular formula is C17H16BrN3O4. The lowest BCUT2D eigenvalue weighted by Crippen LogP contribution is -2.44. The van der Waals surface area contributed by atoms with Gasteiger partial charge in [-0.25, -0.2) is 4.79 Å². The fourth-order valence-electron chi connectivity index (χ4n) is 1.91. The van der Waals surface area contributed by atoms with Crippen LogP contribution in [0.2, 0.25) is 0 Å².